The first-order valence-electron chi connectivity index (χ1n) is 5.81. The number of rotatable bonds is 5. The van der Waals surface area contributed by atoms with E-state index in [1.165, 1.54) is 32.1 Å². The van der Waals surface area contributed by atoms with Crippen LogP contribution in [-0.4, -0.2) is 18.8 Å². The van der Waals surface area contributed by atoms with Crippen LogP contribution in [0.5, 0.6) is 0 Å². The van der Waals surface area contributed by atoms with E-state index in [2.05, 4.69) is 19.3 Å². The average Bonchev–Trinajstić information content (AvgIpc) is 2.20. The summed E-state index contributed by atoms with van der Waals surface area (Å²) in [6.07, 6.45) is 7.00. The standard InChI is InChI=1S/C11H24N2O/c1-9(2)14-8-11(13-12)10-6-4-3-5-7-10/h9-11,13H,3-8,12H2,1-2H3. The average molecular weight is 200 g/mol. The molecule has 0 aliphatic heterocycles. The Bertz CT molecular complexity index is 144. The van der Waals surface area contributed by atoms with Gasteiger partial charge in [0, 0.05) is 6.04 Å². The van der Waals surface area contributed by atoms with Crippen LogP contribution in [0.4, 0.5) is 0 Å². The van der Waals surface area contributed by atoms with Crippen LogP contribution < -0.4 is 11.3 Å². The molecule has 0 bridgehead atoms. The van der Waals surface area contributed by atoms with E-state index < -0.39 is 0 Å². The first kappa shape index (κ1) is 12.0. The highest BCUT2D eigenvalue weighted by molar-refractivity contribution is 4.77. The quantitative estimate of drug-likeness (QED) is 0.526. The number of hydrazine groups is 1. The lowest BCUT2D eigenvalue weighted by molar-refractivity contribution is 0.0429. The number of ether oxygens (including phenoxy) is 1. The van der Waals surface area contributed by atoms with Gasteiger partial charge < -0.3 is 4.74 Å². The van der Waals surface area contributed by atoms with Crippen molar-refractivity contribution in [2.45, 2.75) is 58.1 Å². The van der Waals surface area contributed by atoms with Crippen molar-refractivity contribution in [1.82, 2.24) is 5.43 Å². The van der Waals surface area contributed by atoms with Gasteiger partial charge in [-0.3, -0.25) is 11.3 Å². The Labute approximate surface area is 87.4 Å². The predicted molar refractivity (Wildman–Crippen MR) is 58.8 cm³/mol. The maximum atomic E-state index is 5.61. The molecule has 3 nitrogen and oxygen atoms in total. The van der Waals surface area contributed by atoms with E-state index in [1.807, 2.05) is 0 Å². The van der Waals surface area contributed by atoms with Crippen LogP contribution >= 0.6 is 0 Å². The summed E-state index contributed by atoms with van der Waals surface area (Å²) in [4.78, 5) is 0. The second-order valence-electron chi connectivity index (χ2n) is 4.55. The molecule has 3 N–H and O–H groups in total. The molecule has 1 aliphatic rings. The van der Waals surface area contributed by atoms with Crippen molar-refractivity contribution in [3.63, 3.8) is 0 Å². The minimum atomic E-state index is 0.300. The maximum absolute atomic E-state index is 5.61. The number of nitrogens with two attached hydrogens (primary N) is 1. The Morgan fingerprint density at radius 3 is 2.43 bits per heavy atom. The molecule has 1 saturated carbocycles. The summed E-state index contributed by atoms with van der Waals surface area (Å²) in [6, 6.07) is 0.345. The molecule has 0 radical (unpaired) electrons. The highest BCUT2D eigenvalue weighted by atomic mass is 16.5. The van der Waals surface area contributed by atoms with Gasteiger partial charge in [-0.15, -0.1) is 0 Å². The van der Waals surface area contributed by atoms with E-state index in [-0.39, 0.29) is 0 Å². The summed E-state index contributed by atoms with van der Waals surface area (Å²) in [5, 5.41) is 0. The Kier molecular flexibility index (Phi) is 5.45. The zero-order valence-corrected chi connectivity index (χ0v) is 9.46. The summed E-state index contributed by atoms with van der Waals surface area (Å²) in [5.74, 6) is 6.28. The molecule has 1 fully saturated rings. The smallest absolute Gasteiger partial charge is 0.0639 e. The molecular weight excluding hydrogens is 176 g/mol. The SMILES string of the molecule is CC(C)OCC(NN)C1CCCCC1. The fourth-order valence-electron chi connectivity index (χ4n) is 2.15. The Morgan fingerprint density at radius 2 is 1.93 bits per heavy atom. The van der Waals surface area contributed by atoms with Gasteiger partial charge in [0.2, 0.25) is 0 Å². The molecule has 14 heavy (non-hydrogen) atoms. The monoisotopic (exact) mass is 200 g/mol. The molecule has 0 amide bonds. The summed E-state index contributed by atoms with van der Waals surface area (Å²) < 4.78 is 5.61. The van der Waals surface area contributed by atoms with Gasteiger partial charge in [0.05, 0.1) is 12.7 Å². The van der Waals surface area contributed by atoms with Crippen molar-refractivity contribution in [2.24, 2.45) is 11.8 Å². The molecule has 1 rings (SSSR count). The molecule has 3 heteroatoms. The number of hydrogen-bond acceptors (Lipinski definition) is 3. The number of nitrogens with one attached hydrogen (secondary N) is 1. The van der Waals surface area contributed by atoms with E-state index in [0.717, 1.165) is 6.61 Å². The third-order valence-corrected chi connectivity index (χ3v) is 3.04. The third kappa shape index (κ3) is 3.95. The molecule has 0 aromatic carbocycles. The summed E-state index contributed by atoms with van der Waals surface area (Å²) >= 11 is 0. The molecule has 0 spiro atoms. The van der Waals surface area contributed by atoms with Crippen molar-refractivity contribution >= 4 is 0 Å². The molecule has 0 aromatic rings. The first-order valence-corrected chi connectivity index (χ1v) is 5.81. The second kappa shape index (κ2) is 6.38. The summed E-state index contributed by atoms with van der Waals surface area (Å²) in [7, 11) is 0. The Hall–Kier alpha value is -0.120. The fraction of sp³-hybridized carbons (Fsp3) is 1.00. The minimum absolute atomic E-state index is 0.300. The van der Waals surface area contributed by atoms with Crippen molar-refractivity contribution in [3.8, 4) is 0 Å². The van der Waals surface area contributed by atoms with Crippen LogP contribution in [0, 0.1) is 5.92 Å². The predicted octanol–water partition coefficient (Wildman–Crippen LogP) is 1.82. The van der Waals surface area contributed by atoms with Crippen molar-refractivity contribution in [2.75, 3.05) is 6.61 Å². The fourth-order valence-corrected chi connectivity index (χ4v) is 2.15. The van der Waals surface area contributed by atoms with Gasteiger partial charge >= 0.3 is 0 Å². The zero-order valence-electron chi connectivity index (χ0n) is 9.46. The third-order valence-electron chi connectivity index (χ3n) is 3.04. The van der Waals surface area contributed by atoms with E-state index in [1.54, 1.807) is 0 Å². The molecular formula is C11H24N2O. The van der Waals surface area contributed by atoms with Crippen LogP contribution in [0.25, 0.3) is 0 Å². The first-order chi connectivity index (χ1) is 6.74. The lowest BCUT2D eigenvalue weighted by Crippen LogP contribution is -2.45. The van der Waals surface area contributed by atoms with Gasteiger partial charge in [0.15, 0.2) is 0 Å². The second-order valence-corrected chi connectivity index (χ2v) is 4.55. The topological polar surface area (TPSA) is 47.3 Å². The van der Waals surface area contributed by atoms with Crippen LogP contribution in [0.15, 0.2) is 0 Å². The van der Waals surface area contributed by atoms with E-state index in [9.17, 15) is 0 Å². The van der Waals surface area contributed by atoms with Crippen LogP contribution in [0.3, 0.4) is 0 Å². The van der Waals surface area contributed by atoms with Crippen molar-refractivity contribution < 1.29 is 4.74 Å². The van der Waals surface area contributed by atoms with Crippen LogP contribution in [0.1, 0.15) is 46.0 Å². The molecule has 0 aromatic heterocycles. The van der Waals surface area contributed by atoms with Crippen molar-refractivity contribution in [3.05, 3.63) is 0 Å². The molecule has 0 heterocycles. The Morgan fingerprint density at radius 1 is 1.29 bits per heavy atom. The van der Waals surface area contributed by atoms with E-state index in [0.29, 0.717) is 18.1 Å². The zero-order chi connectivity index (χ0) is 10.4. The van der Waals surface area contributed by atoms with Crippen molar-refractivity contribution in [1.29, 1.82) is 0 Å². The molecule has 1 atom stereocenters. The van der Waals surface area contributed by atoms with E-state index in [4.69, 9.17) is 10.6 Å². The van der Waals surface area contributed by atoms with Gasteiger partial charge in [0.1, 0.15) is 0 Å². The van der Waals surface area contributed by atoms with Gasteiger partial charge in [-0.25, -0.2) is 0 Å². The van der Waals surface area contributed by atoms with Gasteiger partial charge in [0.25, 0.3) is 0 Å². The van der Waals surface area contributed by atoms with Crippen LogP contribution in [-0.2, 0) is 4.74 Å². The largest absolute Gasteiger partial charge is 0.377 e. The van der Waals surface area contributed by atoms with Gasteiger partial charge in [-0.2, -0.15) is 0 Å². The minimum Gasteiger partial charge on any atom is -0.377 e. The normalized spacial score (nSPS) is 21.4. The number of hydrogen-bond donors (Lipinski definition) is 2. The highest BCUT2D eigenvalue weighted by Gasteiger charge is 2.22. The molecule has 1 unspecified atom stereocenters. The molecule has 84 valence electrons. The van der Waals surface area contributed by atoms with Gasteiger partial charge in [-0.05, 0) is 32.6 Å². The summed E-state index contributed by atoms with van der Waals surface area (Å²) in [5.41, 5.74) is 2.90. The molecule has 0 saturated heterocycles. The Balaban J connectivity index is 2.28. The molecule has 1 aliphatic carbocycles. The van der Waals surface area contributed by atoms with Crippen LogP contribution in [0.2, 0.25) is 0 Å². The summed E-state index contributed by atoms with van der Waals surface area (Å²) in [6.45, 7) is 4.88. The lowest BCUT2D eigenvalue weighted by Gasteiger charge is -2.30. The van der Waals surface area contributed by atoms with Gasteiger partial charge in [-0.1, -0.05) is 19.3 Å². The lowest BCUT2D eigenvalue weighted by atomic mass is 9.84. The maximum Gasteiger partial charge on any atom is 0.0639 e. The highest BCUT2D eigenvalue weighted by Crippen LogP contribution is 2.26. The van der Waals surface area contributed by atoms with E-state index >= 15 is 0 Å².